The summed E-state index contributed by atoms with van der Waals surface area (Å²) in [6.45, 7) is 0. The smallest absolute Gasteiger partial charge is 0.0384 e. The van der Waals surface area contributed by atoms with Crippen LogP contribution in [0.5, 0.6) is 0 Å². The van der Waals surface area contributed by atoms with Crippen LogP contribution in [0.3, 0.4) is 0 Å². The summed E-state index contributed by atoms with van der Waals surface area (Å²) in [5, 5.41) is 8.91. The molecule has 1 N–H and O–H groups in total. The lowest BCUT2D eigenvalue weighted by atomic mass is 10.0. The molecule has 0 fully saturated rings. The fourth-order valence-corrected chi connectivity index (χ4v) is 7.64. The molecule has 0 aliphatic carbocycles. The number of hydrogen-bond acceptors (Lipinski definition) is 3. The lowest BCUT2D eigenvalue weighted by molar-refractivity contribution is 1.54. The van der Waals surface area contributed by atoms with Crippen molar-refractivity contribution >= 4 is 74.4 Å². The van der Waals surface area contributed by atoms with E-state index < -0.39 is 0 Å². The molecule has 0 aliphatic heterocycles. The van der Waals surface area contributed by atoms with Crippen LogP contribution in [0.15, 0.2) is 133 Å². The molecule has 0 amide bonds. The minimum Gasteiger partial charge on any atom is -0.356 e. The Bertz CT molecular complexity index is 1980. The van der Waals surface area contributed by atoms with Crippen LogP contribution in [0.25, 0.3) is 62.6 Å². The first-order chi connectivity index (χ1) is 19.3. The van der Waals surface area contributed by atoms with Gasteiger partial charge >= 0.3 is 0 Å². The fourth-order valence-electron chi connectivity index (χ4n) is 5.47. The zero-order chi connectivity index (χ0) is 25.8. The van der Waals surface area contributed by atoms with E-state index in [1.807, 2.05) is 22.7 Å². The van der Waals surface area contributed by atoms with Gasteiger partial charge in [-0.2, -0.15) is 0 Å². The van der Waals surface area contributed by atoms with Crippen molar-refractivity contribution in [3.63, 3.8) is 0 Å². The van der Waals surface area contributed by atoms with Gasteiger partial charge < -0.3 is 5.32 Å². The van der Waals surface area contributed by atoms with Crippen LogP contribution in [-0.2, 0) is 0 Å². The summed E-state index contributed by atoms with van der Waals surface area (Å²) in [6.07, 6.45) is 0. The summed E-state index contributed by atoms with van der Waals surface area (Å²) in [4.78, 5) is 0. The molecule has 2 heterocycles. The van der Waals surface area contributed by atoms with Gasteiger partial charge in [0.1, 0.15) is 0 Å². The molecule has 39 heavy (non-hydrogen) atoms. The predicted octanol–water partition coefficient (Wildman–Crippen LogP) is 11.5. The van der Waals surface area contributed by atoms with Crippen molar-refractivity contribution in [2.75, 3.05) is 5.32 Å². The van der Waals surface area contributed by atoms with Gasteiger partial charge in [-0.25, -0.2) is 0 Å². The summed E-state index contributed by atoms with van der Waals surface area (Å²) >= 11 is 3.72. The Morgan fingerprint density at radius 3 is 1.18 bits per heavy atom. The molecular weight excluding hydrogens is 511 g/mol. The van der Waals surface area contributed by atoms with E-state index in [4.69, 9.17) is 0 Å². The normalized spacial score (nSPS) is 11.6. The van der Waals surface area contributed by atoms with Crippen LogP contribution in [0.4, 0.5) is 11.4 Å². The average molecular weight is 534 g/mol. The van der Waals surface area contributed by atoms with E-state index in [1.165, 1.54) is 62.6 Å². The van der Waals surface area contributed by atoms with Crippen molar-refractivity contribution in [1.29, 1.82) is 0 Å². The topological polar surface area (TPSA) is 12.0 Å². The average Bonchev–Trinajstić information content (AvgIpc) is 3.55. The third-order valence-electron chi connectivity index (χ3n) is 7.48. The molecule has 0 saturated carbocycles. The van der Waals surface area contributed by atoms with Gasteiger partial charge in [0.25, 0.3) is 0 Å². The molecule has 8 rings (SSSR count). The molecule has 2 aromatic heterocycles. The molecule has 0 spiro atoms. The monoisotopic (exact) mass is 533 g/mol. The van der Waals surface area contributed by atoms with E-state index in [2.05, 4.69) is 139 Å². The standard InChI is InChI=1S/C36H23NS2/c1-3-7-33-29(5-1)31-21-25(13-19-35(31)38-33)23-9-15-27(16-10-23)37-28-17-11-24(12-18-28)26-14-20-36-32(22-26)30-6-2-4-8-34(30)39-36/h1-22,37H. The second kappa shape index (κ2) is 9.09. The number of anilines is 2. The van der Waals surface area contributed by atoms with Crippen LogP contribution in [0, 0.1) is 0 Å². The minimum atomic E-state index is 1.08. The Morgan fingerprint density at radius 2 is 0.718 bits per heavy atom. The molecule has 184 valence electrons. The Labute approximate surface area is 234 Å². The molecule has 1 nitrogen and oxygen atoms in total. The molecular formula is C36H23NS2. The van der Waals surface area contributed by atoms with Crippen molar-refractivity contribution in [1.82, 2.24) is 0 Å². The molecule has 3 heteroatoms. The van der Waals surface area contributed by atoms with E-state index in [9.17, 15) is 0 Å². The third-order valence-corrected chi connectivity index (χ3v) is 9.78. The molecule has 0 saturated heterocycles. The molecule has 0 radical (unpaired) electrons. The maximum atomic E-state index is 3.56. The molecule has 0 unspecified atom stereocenters. The van der Waals surface area contributed by atoms with Crippen LogP contribution >= 0.6 is 22.7 Å². The van der Waals surface area contributed by atoms with Gasteiger partial charge in [0.05, 0.1) is 0 Å². The van der Waals surface area contributed by atoms with Gasteiger partial charge in [0.2, 0.25) is 0 Å². The summed E-state index contributed by atoms with van der Waals surface area (Å²) in [6, 6.07) is 48.4. The maximum absolute atomic E-state index is 3.56. The molecule has 0 aliphatic rings. The van der Waals surface area contributed by atoms with E-state index >= 15 is 0 Å². The first kappa shape index (κ1) is 22.5. The highest BCUT2D eigenvalue weighted by atomic mass is 32.1. The zero-order valence-corrected chi connectivity index (χ0v) is 22.7. The van der Waals surface area contributed by atoms with Gasteiger partial charge in [-0.05, 0) is 82.9 Å². The molecule has 6 aromatic carbocycles. The largest absolute Gasteiger partial charge is 0.356 e. The number of benzene rings is 6. The van der Waals surface area contributed by atoms with Crippen molar-refractivity contribution in [2.24, 2.45) is 0 Å². The van der Waals surface area contributed by atoms with E-state index in [0.717, 1.165) is 11.4 Å². The lowest BCUT2D eigenvalue weighted by Gasteiger charge is -2.10. The quantitative estimate of drug-likeness (QED) is 0.237. The number of hydrogen-bond donors (Lipinski definition) is 1. The van der Waals surface area contributed by atoms with Crippen molar-refractivity contribution in [3.8, 4) is 22.3 Å². The van der Waals surface area contributed by atoms with Crippen LogP contribution < -0.4 is 5.32 Å². The third kappa shape index (κ3) is 3.99. The van der Waals surface area contributed by atoms with Gasteiger partial charge in [0, 0.05) is 51.7 Å². The van der Waals surface area contributed by atoms with Crippen LogP contribution in [0.2, 0.25) is 0 Å². The lowest BCUT2D eigenvalue weighted by Crippen LogP contribution is -1.90. The first-order valence-corrected chi connectivity index (χ1v) is 14.7. The predicted molar refractivity (Wildman–Crippen MR) is 173 cm³/mol. The van der Waals surface area contributed by atoms with E-state index in [-0.39, 0.29) is 0 Å². The van der Waals surface area contributed by atoms with Gasteiger partial charge in [-0.15, -0.1) is 22.7 Å². The van der Waals surface area contributed by atoms with Gasteiger partial charge in [-0.3, -0.25) is 0 Å². The Morgan fingerprint density at radius 1 is 0.333 bits per heavy atom. The van der Waals surface area contributed by atoms with Crippen molar-refractivity contribution in [3.05, 3.63) is 133 Å². The van der Waals surface area contributed by atoms with Gasteiger partial charge in [0.15, 0.2) is 0 Å². The van der Waals surface area contributed by atoms with E-state index in [1.54, 1.807) is 0 Å². The SMILES string of the molecule is c1ccc2c(c1)sc1ccc(-c3ccc(Nc4ccc(-c5ccc6sc7ccccc7c6c5)cc4)cc3)cc12. The molecule has 0 atom stereocenters. The second-order valence-corrected chi connectivity index (χ2v) is 12.1. The zero-order valence-electron chi connectivity index (χ0n) is 21.0. The highest BCUT2D eigenvalue weighted by molar-refractivity contribution is 7.26. The number of fused-ring (bicyclic) bond motifs is 6. The number of thiophene rings is 2. The summed E-state index contributed by atoms with van der Waals surface area (Å²) in [5.41, 5.74) is 7.11. The Balaban J connectivity index is 1.03. The van der Waals surface area contributed by atoms with E-state index in [0.29, 0.717) is 0 Å². The maximum Gasteiger partial charge on any atom is 0.0384 e. The summed E-state index contributed by atoms with van der Waals surface area (Å²) in [7, 11) is 0. The van der Waals surface area contributed by atoms with Crippen LogP contribution in [0.1, 0.15) is 0 Å². The van der Waals surface area contributed by atoms with Crippen LogP contribution in [-0.4, -0.2) is 0 Å². The van der Waals surface area contributed by atoms with Crippen molar-refractivity contribution in [2.45, 2.75) is 0 Å². The minimum absolute atomic E-state index is 1.08. The fraction of sp³-hybridized carbons (Fsp3) is 0. The first-order valence-electron chi connectivity index (χ1n) is 13.1. The Kier molecular flexibility index (Phi) is 5.25. The Hall–Kier alpha value is -4.44. The van der Waals surface area contributed by atoms with Gasteiger partial charge in [-0.1, -0.05) is 72.8 Å². The summed E-state index contributed by atoms with van der Waals surface area (Å²) in [5.74, 6) is 0. The molecule has 8 aromatic rings. The highest BCUT2D eigenvalue weighted by Crippen LogP contribution is 2.38. The highest BCUT2D eigenvalue weighted by Gasteiger charge is 2.08. The second-order valence-electron chi connectivity index (χ2n) is 9.90. The molecule has 0 bridgehead atoms. The number of rotatable bonds is 4. The van der Waals surface area contributed by atoms with Crippen molar-refractivity contribution < 1.29 is 0 Å². The number of nitrogens with one attached hydrogen (secondary N) is 1. The summed E-state index contributed by atoms with van der Waals surface area (Å²) < 4.78 is 5.36.